The molecule has 8 nitrogen and oxygen atoms in total. The van der Waals surface area contributed by atoms with Gasteiger partial charge in [-0.05, 0) is 24.6 Å². The number of nitrogens with one attached hydrogen (secondary N) is 1. The predicted octanol–water partition coefficient (Wildman–Crippen LogP) is -0.492. The number of carbonyl (C=O) groups excluding carboxylic acids is 1. The third-order valence-electron chi connectivity index (χ3n) is 3.88. The lowest BCUT2D eigenvalue weighted by atomic mass is 9.99. The fourth-order valence-corrected chi connectivity index (χ4v) is 2.59. The number of ether oxygens (including phenoxy) is 1. The zero-order valence-corrected chi connectivity index (χ0v) is 12.4. The molecule has 1 saturated heterocycles. The summed E-state index contributed by atoms with van der Waals surface area (Å²) >= 11 is 0. The van der Waals surface area contributed by atoms with Crippen LogP contribution in [0.5, 0.6) is 0 Å². The summed E-state index contributed by atoms with van der Waals surface area (Å²) in [5.74, 6) is -0.289. The molecule has 1 aliphatic rings. The molecule has 2 heterocycles. The fourth-order valence-electron chi connectivity index (χ4n) is 2.59. The fraction of sp³-hybridized carbons (Fsp3) is 0.400. The Morgan fingerprint density at radius 2 is 2.17 bits per heavy atom. The maximum absolute atomic E-state index is 12.4. The van der Waals surface area contributed by atoms with Crippen LogP contribution in [-0.4, -0.2) is 62.3 Å². The van der Waals surface area contributed by atoms with Crippen molar-refractivity contribution < 1.29 is 19.7 Å². The minimum absolute atomic E-state index is 0.281. The topological polar surface area (TPSA) is 110 Å². The third-order valence-corrected chi connectivity index (χ3v) is 3.88. The van der Waals surface area contributed by atoms with Crippen molar-refractivity contribution in [2.75, 3.05) is 13.2 Å². The van der Waals surface area contributed by atoms with Crippen molar-refractivity contribution in [3.8, 4) is 5.69 Å². The molecule has 1 aromatic carbocycles. The van der Waals surface area contributed by atoms with Gasteiger partial charge in [-0.3, -0.25) is 9.36 Å². The average molecular weight is 318 g/mol. The van der Waals surface area contributed by atoms with Crippen LogP contribution in [0.15, 0.2) is 36.9 Å². The Bertz CT molecular complexity index is 661. The van der Waals surface area contributed by atoms with E-state index in [2.05, 4.69) is 15.5 Å². The molecule has 0 unspecified atom stereocenters. The van der Waals surface area contributed by atoms with Gasteiger partial charge in [-0.2, -0.15) is 0 Å². The number of aliphatic hydroxyl groups is 2. The van der Waals surface area contributed by atoms with E-state index in [1.54, 1.807) is 35.4 Å². The van der Waals surface area contributed by atoms with Crippen LogP contribution in [0.2, 0.25) is 0 Å². The highest BCUT2D eigenvalue weighted by Gasteiger charge is 2.33. The Balaban J connectivity index is 1.72. The summed E-state index contributed by atoms with van der Waals surface area (Å²) in [6.45, 7) is 0.102. The van der Waals surface area contributed by atoms with Crippen molar-refractivity contribution >= 4 is 5.91 Å². The molecule has 0 aliphatic carbocycles. The molecular weight excluding hydrogens is 300 g/mol. The maximum Gasteiger partial charge on any atom is 0.251 e. The number of hydrogen-bond acceptors (Lipinski definition) is 6. The molecule has 1 aliphatic heterocycles. The van der Waals surface area contributed by atoms with Gasteiger partial charge in [-0.25, -0.2) is 0 Å². The largest absolute Gasteiger partial charge is 0.394 e. The van der Waals surface area contributed by atoms with E-state index in [4.69, 9.17) is 9.84 Å². The molecule has 3 atom stereocenters. The minimum Gasteiger partial charge on any atom is -0.394 e. The normalized spacial score (nSPS) is 24.3. The molecule has 1 amide bonds. The Kier molecular flexibility index (Phi) is 4.65. The number of nitrogens with zero attached hydrogens (tertiary/aromatic N) is 3. The minimum atomic E-state index is -0.932. The van der Waals surface area contributed by atoms with Gasteiger partial charge < -0.3 is 20.3 Å². The molecule has 0 spiro atoms. The van der Waals surface area contributed by atoms with Gasteiger partial charge in [-0.1, -0.05) is 6.07 Å². The van der Waals surface area contributed by atoms with E-state index in [-0.39, 0.29) is 12.5 Å². The zero-order chi connectivity index (χ0) is 16.2. The summed E-state index contributed by atoms with van der Waals surface area (Å²) in [6.07, 6.45) is 1.99. The Labute approximate surface area is 132 Å². The van der Waals surface area contributed by atoms with Crippen molar-refractivity contribution in [1.29, 1.82) is 0 Å². The maximum atomic E-state index is 12.4. The highest BCUT2D eigenvalue weighted by Crippen LogP contribution is 2.16. The Morgan fingerprint density at radius 1 is 1.39 bits per heavy atom. The smallest absolute Gasteiger partial charge is 0.251 e. The lowest BCUT2D eigenvalue weighted by Crippen LogP contribution is -2.54. The molecule has 8 heteroatoms. The number of carbonyl (C=O) groups is 1. The number of rotatable bonds is 4. The van der Waals surface area contributed by atoms with E-state index in [0.29, 0.717) is 18.6 Å². The van der Waals surface area contributed by atoms with Gasteiger partial charge in [0.25, 0.3) is 5.91 Å². The van der Waals surface area contributed by atoms with Crippen molar-refractivity contribution in [2.45, 2.75) is 24.7 Å². The van der Waals surface area contributed by atoms with E-state index in [9.17, 15) is 9.90 Å². The number of aliphatic hydroxyl groups excluding tert-OH is 2. The van der Waals surface area contributed by atoms with E-state index in [1.165, 1.54) is 0 Å². The number of amides is 1. The van der Waals surface area contributed by atoms with E-state index in [0.717, 1.165) is 5.69 Å². The number of hydrogen-bond donors (Lipinski definition) is 3. The van der Waals surface area contributed by atoms with Crippen molar-refractivity contribution in [2.24, 2.45) is 0 Å². The van der Waals surface area contributed by atoms with Crippen LogP contribution >= 0.6 is 0 Å². The standard InChI is InChI=1S/C15H18N4O4/c20-7-13-14(21)12(4-5-23-13)18-15(22)10-2-1-3-11(6-10)19-8-16-17-9-19/h1-3,6,8-9,12-14,20-21H,4-5,7H2,(H,18,22)/t12-,13+,14-/m0/s1. The first-order chi connectivity index (χ1) is 11.2. The molecule has 122 valence electrons. The zero-order valence-electron chi connectivity index (χ0n) is 12.4. The van der Waals surface area contributed by atoms with E-state index in [1.807, 2.05) is 6.07 Å². The molecule has 2 aromatic rings. The van der Waals surface area contributed by atoms with Crippen LogP contribution in [0.25, 0.3) is 5.69 Å². The lowest BCUT2D eigenvalue weighted by molar-refractivity contribution is -0.107. The lowest BCUT2D eigenvalue weighted by Gasteiger charge is -2.34. The van der Waals surface area contributed by atoms with Crippen LogP contribution in [0.1, 0.15) is 16.8 Å². The summed E-state index contributed by atoms with van der Waals surface area (Å²) in [6, 6.07) is 6.56. The van der Waals surface area contributed by atoms with Gasteiger partial charge in [0.2, 0.25) is 0 Å². The highest BCUT2D eigenvalue weighted by molar-refractivity contribution is 5.95. The van der Waals surface area contributed by atoms with Crippen molar-refractivity contribution in [1.82, 2.24) is 20.1 Å². The molecule has 23 heavy (non-hydrogen) atoms. The average Bonchev–Trinajstić information content (AvgIpc) is 3.11. The summed E-state index contributed by atoms with van der Waals surface area (Å²) in [5, 5.41) is 29.5. The number of aromatic nitrogens is 3. The van der Waals surface area contributed by atoms with Gasteiger partial charge in [-0.15, -0.1) is 10.2 Å². The monoisotopic (exact) mass is 318 g/mol. The van der Waals surface area contributed by atoms with Gasteiger partial charge in [0.1, 0.15) is 24.9 Å². The first kappa shape index (κ1) is 15.6. The second-order valence-corrected chi connectivity index (χ2v) is 5.37. The molecule has 0 saturated carbocycles. The van der Waals surface area contributed by atoms with Crippen LogP contribution < -0.4 is 5.32 Å². The second-order valence-electron chi connectivity index (χ2n) is 5.37. The van der Waals surface area contributed by atoms with Crippen molar-refractivity contribution in [3.63, 3.8) is 0 Å². The second kappa shape index (κ2) is 6.86. The first-order valence-electron chi connectivity index (χ1n) is 7.35. The van der Waals surface area contributed by atoms with Gasteiger partial charge in [0.05, 0.1) is 12.6 Å². The first-order valence-corrected chi connectivity index (χ1v) is 7.35. The molecule has 1 aromatic heterocycles. The molecule has 3 rings (SSSR count). The van der Waals surface area contributed by atoms with Gasteiger partial charge >= 0.3 is 0 Å². The van der Waals surface area contributed by atoms with Crippen LogP contribution in [-0.2, 0) is 4.74 Å². The van der Waals surface area contributed by atoms with Crippen LogP contribution in [0.3, 0.4) is 0 Å². The summed E-state index contributed by atoms with van der Waals surface area (Å²) in [4.78, 5) is 12.4. The van der Waals surface area contributed by atoms with Gasteiger partial charge in [0.15, 0.2) is 0 Å². The summed E-state index contributed by atoms with van der Waals surface area (Å²) in [7, 11) is 0. The molecule has 0 radical (unpaired) electrons. The number of benzene rings is 1. The molecule has 1 fully saturated rings. The van der Waals surface area contributed by atoms with E-state index < -0.39 is 18.2 Å². The summed E-state index contributed by atoms with van der Waals surface area (Å²) < 4.78 is 6.95. The van der Waals surface area contributed by atoms with Crippen LogP contribution in [0, 0.1) is 0 Å². The SMILES string of the molecule is O=C(N[C@H]1CCO[C@H](CO)[C@H]1O)c1cccc(-n2cnnc2)c1. The third kappa shape index (κ3) is 3.39. The van der Waals surface area contributed by atoms with E-state index >= 15 is 0 Å². The van der Waals surface area contributed by atoms with Crippen molar-refractivity contribution in [3.05, 3.63) is 42.5 Å². The van der Waals surface area contributed by atoms with Crippen LogP contribution in [0.4, 0.5) is 0 Å². The molecular formula is C15H18N4O4. The predicted molar refractivity (Wildman–Crippen MR) is 80.1 cm³/mol. The van der Waals surface area contributed by atoms with Gasteiger partial charge in [0, 0.05) is 17.9 Å². The summed E-state index contributed by atoms with van der Waals surface area (Å²) in [5.41, 5.74) is 1.24. The Hall–Kier alpha value is -2.29. The highest BCUT2D eigenvalue weighted by atomic mass is 16.5. The molecule has 3 N–H and O–H groups in total. The quantitative estimate of drug-likeness (QED) is 0.702. The molecule has 0 bridgehead atoms. The Morgan fingerprint density at radius 3 is 2.91 bits per heavy atom.